The fourth-order valence-electron chi connectivity index (χ4n) is 3.16. The number of non-ortho nitro benzene ring substituents is 1. The molecule has 0 spiro atoms. The largest absolute Gasteiger partial charge is 0.341 e. The van der Waals surface area contributed by atoms with Crippen molar-refractivity contribution in [2.24, 2.45) is 7.05 Å². The van der Waals surface area contributed by atoms with Crippen molar-refractivity contribution in [2.45, 2.75) is 16.1 Å². The summed E-state index contributed by atoms with van der Waals surface area (Å²) in [6.07, 6.45) is 0. The summed E-state index contributed by atoms with van der Waals surface area (Å²) in [5.74, 6) is -0.441. The number of amides is 1. The van der Waals surface area contributed by atoms with Crippen molar-refractivity contribution in [1.29, 1.82) is 0 Å². The Balaban J connectivity index is 1.72. The quantitative estimate of drug-likeness (QED) is 0.339. The molecule has 0 saturated carbocycles. The molecule has 10 heteroatoms. The van der Waals surface area contributed by atoms with Crippen LogP contribution in [0.2, 0.25) is 0 Å². The first-order chi connectivity index (χ1) is 15.5. The number of carbonyl (C=O) groups is 1. The summed E-state index contributed by atoms with van der Waals surface area (Å²) < 4.78 is 1.46. The molecular weight excluding hydrogens is 428 g/mol. The molecule has 0 bridgehead atoms. The van der Waals surface area contributed by atoms with Gasteiger partial charge in [0.2, 0.25) is 5.16 Å². The molecule has 0 atom stereocenters. The minimum Gasteiger partial charge on any atom is -0.341 e. The lowest BCUT2D eigenvalue weighted by Crippen LogP contribution is -2.29. The Morgan fingerprint density at radius 3 is 2.19 bits per heavy atom. The molecule has 0 radical (unpaired) electrons. The van der Waals surface area contributed by atoms with Crippen molar-refractivity contribution in [1.82, 2.24) is 25.5 Å². The molecule has 4 aromatic rings. The van der Waals surface area contributed by atoms with Crippen LogP contribution >= 0.6 is 11.8 Å². The molecule has 0 saturated heterocycles. The average Bonchev–Trinajstić information content (AvgIpc) is 3.22. The standard InChI is InChI=1S/C22H18N6O3S/c1-27-22(24-25-26-27)32-19-13-12-17(28(30)31)14-18(19)21(29)23-20(15-8-4-2-5-9-15)16-10-6-3-7-11-16/h2-14,20H,1H3,(H,23,29). The zero-order valence-corrected chi connectivity index (χ0v) is 17.8. The maximum absolute atomic E-state index is 13.4. The Kier molecular flexibility index (Phi) is 6.22. The molecule has 32 heavy (non-hydrogen) atoms. The lowest BCUT2D eigenvalue weighted by molar-refractivity contribution is -0.384. The number of nitro benzene ring substituents is 1. The monoisotopic (exact) mass is 446 g/mol. The number of hydrogen-bond acceptors (Lipinski definition) is 7. The molecule has 1 aromatic heterocycles. The molecule has 0 aliphatic rings. The Morgan fingerprint density at radius 2 is 1.66 bits per heavy atom. The smallest absolute Gasteiger partial charge is 0.270 e. The van der Waals surface area contributed by atoms with Gasteiger partial charge < -0.3 is 5.32 Å². The maximum Gasteiger partial charge on any atom is 0.270 e. The number of carbonyl (C=O) groups excluding carboxylic acids is 1. The van der Waals surface area contributed by atoms with Crippen LogP contribution in [0.4, 0.5) is 5.69 Å². The van der Waals surface area contributed by atoms with Gasteiger partial charge in [0, 0.05) is 24.1 Å². The predicted molar refractivity (Wildman–Crippen MR) is 118 cm³/mol. The van der Waals surface area contributed by atoms with Crippen molar-refractivity contribution in [2.75, 3.05) is 0 Å². The predicted octanol–water partition coefficient (Wildman–Crippen LogP) is 3.79. The van der Waals surface area contributed by atoms with Crippen LogP contribution in [0.3, 0.4) is 0 Å². The van der Waals surface area contributed by atoms with Crippen LogP contribution in [-0.4, -0.2) is 31.0 Å². The van der Waals surface area contributed by atoms with Gasteiger partial charge in [-0.1, -0.05) is 60.7 Å². The average molecular weight is 446 g/mol. The van der Waals surface area contributed by atoms with Gasteiger partial charge in [-0.15, -0.1) is 5.10 Å². The fourth-order valence-corrected chi connectivity index (χ4v) is 4.00. The number of benzene rings is 3. The van der Waals surface area contributed by atoms with Crippen molar-refractivity contribution >= 4 is 23.4 Å². The minimum absolute atomic E-state index is 0.170. The third kappa shape index (κ3) is 4.65. The SMILES string of the molecule is Cn1nnnc1Sc1ccc([N+](=O)[O-])cc1C(=O)NC(c1ccccc1)c1ccccc1. The van der Waals surface area contributed by atoms with Crippen LogP contribution in [0.15, 0.2) is 88.9 Å². The summed E-state index contributed by atoms with van der Waals surface area (Å²) in [6, 6.07) is 22.8. The van der Waals surface area contributed by atoms with E-state index in [-0.39, 0.29) is 11.3 Å². The normalized spacial score (nSPS) is 10.8. The minimum atomic E-state index is -0.527. The maximum atomic E-state index is 13.4. The summed E-state index contributed by atoms with van der Waals surface area (Å²) in [7, 11) is 1.67. The number of nitro groups is 1. The lowest BCUT2D eigenvalue weighted by atomic mass is 9.98. The number of rotatable bonds is 7. The van der Waals surface area contributed by atoms with E-state index in [0.29, 0.717) is 10.1 Å². The number of nitrogens with one attached hydrogen (secondary N) is 1. The lowest BCUT2D eigenvalue weighted by Gasteiger charge is -2.20. The molecular formula is C22H18N6O3S. The van der Waals surface area contributed by atoms with Crippen LogP contribution in [0.1, 0.15) is 27.5 Å². The number of tetrazole rings is 1. The van der Waals surface area contributed by atoms with Gasteiger partial charge in [0.1, 0.15) is 0 Å². The molecule has 0 aliphatic heterocycles. The van der Waals surface area contributed by atoms with Gasteiger partial charge in [-0.2, -0.15) is 0 Å². The first-order valence-corrected chi connectivity index (χ1v) is 10.4. The van der Waals surface area contributed by atoms with E-state index < -0.39 is 16.9 Å². The first kappa shape index (κ1) is 21.2. The second kappa shape index (κ2) is 9.40. The third-order valence-corrected chi connectivity index (χ3v) is 5.85. The molecule has 9 nitrogen and oxygen atoms in total. The summed E-state index contributed by atoms with van der Waals surface area (Å²) in [4.78, 5) is 24.7. The summed E-state index contributed by atoms with van der Waals surface area (Å²) in [5, 5.41) is 26.2. The van der Waals surface area contributed by atoms with E-state index in [1.165, 1.54) is 22.9 Å². The number of aryl methyl sites for hydroxylation is 1. The molecule has 1 amide bonds. The molecule has 0 fully saturated rings. The summed E-state index contributed by atoms with van der Waals surface area (Å²) in [5.41, 5.74) is 1.78. The van der Waals surface area contributed by atoms with Gasteiger partial charge in [-0.25, -0.2) is 4.68 Å². The molecule has 1 N–H and O–H groups in total. The molecule has 160 valence electrons. The van der Waals surface area contributed by atoms with E-state index >= 15 is 0 Å². The molecule has 0 aliphatic carbocycles. The Hall–Kier alpha value is -4.05. The highest BCUT2D eigenvalue weighted by molar-refractivity contribution is 7.99. The number of hydrogen-bond donors (Lipinski definition) is 1. The van der Waals surface area contributed by atoms with Gasteiger partial charge >= 0.3 is 0 Å². The van der Waals surface area contributed by atoms with E-state index in [1.54, 1.807) is 7.05 Å². The van der Waals surface area contributed by atoms with E-state index in [9.17, 15) is 14.9 Å². The summed E-state index contributed by atoms with van der Waals surface area (Å²) >= 11 is 1.16. The topological polar surface area (TPSA) is 116 Å². The second-order valence-corrected chi connectivity index (χ2v) is 7.86. The fraction of sp³-hybridized carbons (Fsp3) is 0.0909. The zero-order chi connectivity index (χ0) is 22.5. The summed E-state index contributed by atoms with van der Waals surface area (Å²) in [6.45, 7) is 0. The third-order valence-electron chi connectivity index (χ3n) is 4.74. The number of aromatic nitrogens is 4. The highest BCUT2D eigenvalue weighted by atomic mass is 32.2. The van der Waals surface area contributed by atoms with Gasteiger partial charge in [-0.05, 0) is 39.4 Å². The van der Waals surface area contributed by atoms with Crippen LogP contribution in [0.25, 0.3) is 0 Å². The van der Waals surface area contributed by atoms with Crippen molar-refractivity contribution in [3.63, 3.8) is 0 Å². The molecule has 1 heterocycles. The second-order valence-electron chi connectivity index (χ2n) is 6.85. The van der Waals surface area contributed by atoms with Crippen LogP contribution in [-0.2, 0) is 7.05 Å². The van der Waals surface area contributed by atoms with Crippen molar-refractivity contribution < 1.29 is 9.72 Å². The van der Waals surface area contributed by atoms with E-state index in [2.05, 4.69) is 20.8 Å². The highest BCUT2D eigenvalue weighted by Crippen LogP contribution is 2.32. The highest BCUT2D eigenvalue weighted by Gasteiger charge is 2.23. The Morgan fingerprint density at radius 1 is 1.03 bits per heavy atom. The Labute approximate surface area is 187 Å². The van der Waals surface area contributed by atoms with E-state index in [0.717, 1.165) is 22.9 Å². The van der Waals surface area contributed by atoms with Gasteiger partial charge in [0.05, 0.1) is 16.5 Å². The van der Waals surface area contributed by atoms with Gasteiger partial charge in [-0.3, -0.25) is 14.9 Å². The van der Waals surface area contributed by atoms with E-state index in [1.807, 2.05) is 60.7 Å². The number of nitrogens with zero attached hydrogens (tertiary/aromatic N) is 5. The molecule has 0 unspecified atom stereocenters. The van der Waals surface area contributed by atoms with Crippen LogP contribution in [0, 0.1) is 10.1 Å². The molecule has 4 rings (SSSR count). The zero-order valence-electron chi connectivity index (χ0n) is 17.0. The Bertz CT molecular complexity index is 1210. The van der Waals surface area contributed by atoms with Crippen LogP contribution < -0.4 is 5.32 Å². The first-order valence-electron chi connectivity index (χ1n) is 9.62. The van der Waals surface area contributed by atoms with Gasteiger partial charge in [0.15, 0.2) is 0 Å². The molecule has 3 aromatic carbocycles. The van der Waals surface area contributed by atoms with Crippen LogP contribution in [0.5, 0.6) is 0 Å². The van der Waals surface area contributed by atoms with E-state index in [4.69, 9.17) is 0 Å². The van der Waals surface area contributed by atoms with Crippen molar-refractivity contribution in [3.05, 3.63) is 106 Å². The van der Waals surface area contributed by atoms with Crippen molar-refractivity contribution in [3.8, 4) is 0 Å². The van der Waals surface area contributed by atoms with Gasteiger partial charge in [0.25, 0.3) is 11.6 Å².